The first-order valence-corrected chi connectivity index (χ1v) is 6.79. The second kappa shape index (κ2) is 7.61. The van der Waals surface area contributed by atoms with Gasteiger partial charge in [-0.3, -0.25) is 9.59 Å². The van der Waals surface area contributed by atoms with Crippen LogP contribution in [-0.4, -0.2) is 11.9 Å². The number of esters is 1. The molecule has 2 aromatic rings. The van der Waals surface area contributed by atoms with E-state index in [1.54, 1.807) is 36.4 Å². The van der Waals surface area contributed by atoms with Gasteiger partial charge in [0.05, 0.1) is 12.8 Å². The fraction of sp³-hybridized carbons (Fsp3) is 0.118. The minimum Gasteiger partial charge on any atom is -0.467 e. The number of amides is 1. The van der Waals surface area contributed by atoms with Crippen LogP contribution in [-0.2, 0) is 16.1 Å². The van der Waals surface area contributed by atoms with Gasteiger partial charge in [-0.05, 0) is 35.9 Å². The van der Waals surface area contributed by atoms with Gasteiger partial charge in [-0.1, -0.05) is 12.1 Å². The smallest absolute Gasteiger partial charge is 0.308 e. The lowest BCUT2D eigenvalue weighted by Gasteiger charge is -2.03. The summed E-state index contributed by atoms with van der Waals surface area (Å²) in [5, 5.41) is 11.7. The zero-order valence-electron chi connectivity index (χ0n) is 12.4. The van der Waals surface area contributed by atoms with Gasteiger partial charge in [0.1, 0.15) is 23.2 Å². The Labute approximate surface area is 133 Å². The van der Waals surface area contributed by atoms with Crippen LogP contribution in [0.15, 0.2) is 52.7 Å². The SMILES string of the molecule is CC(=O)Oc1ccc(/C=C(\C#N)C(=O)NCc2ccco2)cc1. The Hall–Kier alpha value is -3.33. The Morgan fingerprint density at radius 2 is 2.04 bits per heavy atom. The zero-order chi connectivity index (χ0) is 16.7. The van der Waals surface area contributed by atoms with E-state index in [4.69, 9.17) is 14.4 Å². The van der Waals surface area contributed by atoms with Crippen molar-refractivity contribution in [1.82, 2.24) is 5.32 Å². The molecule has 1 N–H and O–H groups in total. The molecule has 6 nitrogen and oxygen atoms in total. The van der Waals surface area contributed by atoms with Gasteiger partial charge in [-0.25, -0.2) is 0 Å². The summed E-state index contributed by atoms with van der Waals surface area (Å²) in [7, 11) is 0. The third-order valence-corrected chi connectivity index (χ3v) is 2.82. The van der Waals surface area contributed by atoms with Crippen LogP contribution in [0.4, 0.5) is 0 Å². The quantitative estimate of drug-likeness (QED) is 0.396. The van der Waals surface area contributed by atoms with Crippen LogP contribution in [0.3, 0.4) is 0 Å². The number of nitriles is 1. The molecule has 0 atom stereocenters. The van der Waals surface area contributed by atoms with Crippen molar-refractivity contribution < 1.29 is 18.7 Å². The Morgan fingerprint density at radius 1 is 1.30 bits per heavy atom. The molecule has 2 rings (SSSR count). The summed E-state index contributed by atoms with van der Waals surface area (Å²) in [5.41, 5.74) is 0.613. The van der Waals surface area contributed by atoms with E-state index in [-0.39, 0.29) is 12.1 Å². The summed E-state index contributed by atoms with van der Waals surface area (Å²) < 4.78 is 10.0. The number of rotatable bonds is 5. The lowest BCUT2D eigenvalue weighted by Crippen LogP contribution is -2.23. The molecule has 0 aliphatic heterocycles. The summed E-state index contributed by atoms with van der Waals surface area (Å²) in [6.45, 7) is 1.52. The van der Waals surface area contributed by atoms with Crippen LogP contribution < -0.4 is 10.1 Å². The molecule has 0 unspecified atom stereocenters. The van der Waals surface area contributed by atoms with Crippen molar-refractivity contribution in [2.24, 2.45) is 0 Å². The molecular formula is C17H14N2O4. The fourth-order valence-corrected chi connectivity index (χ4v) is 1.79. The second-order valence-corrected chi connectivity index (χ2v) is 4.59. The normalized spacial score (nSPS) is 10.7. The minimum absolute atomic E-state index is 0.0307. The highest BCUT2D eigenvalue weighted by atomic mass is 16.5. The van der Waals surface area contributed by atoms with Gasteiger partial charge in [-0.15, -0.1) is 0 Å². The molecule has 0 radical (unpaired) electrons. The van der Waals surface area contributed by atoms with Gasteiger partial charge in [0, 0.05) is 6.92 Å². The largest absolute Gasteiger partial charge is 0.467 e. The minimum atomic E-state index is -0.493. The standard InChI is InChI=1S/C17H14N2O4/c1-12(20)23-15-6-4-13(5-7-15)9-14(10-18)17(21)19-11-16-3-2-8-22-16/h2-9H,11H2,1H3,(H,19,21)/b14-9+. The highest BCUT2D eigenvalue weighted by molar-refractivity contribution is 6.01. The van der Waals surface area contributed by atoms with Crippen LogP contribution in [0.5, 0.6) is 5.75 Å². The van der Waals surface area contributed by atoms with E-state index in [1.807, 2.05) is 6.07 Å². The summed E-state index contributed by atoms with van der Waals surface area (Å²) in [4.78, 5) is 22.8. The van der Waals surface area contributed by atoms with Crippen molar-refractivity contribution in [3.05, 3.63) is 59.6 Å². The number of carbonyl (C=O) groups excluding carboxylic acids is 2. The first kappa shape index (κ1) is 16.0. The molecule has 0 saturated carbocycles. The van der Waals surface area contributed by atoms with Gasteiger partial charge in [0.25, 0.3) is 5.91 Å². The zero-order valence-corrected chi connectivity index (χ0v) is 12.4. The van der Waals surface area contributed by atoms with Gasteiger partial charge in [0.15, 0.2) is 0 Å². The van der Waals surface area contributed by atoms with Crippen LogP contribution >= 0.6 is 0 Å². The number of ether oxygens (including phenoxy) is 1. The van der Waals surface area contributed by atoms with Crippen molar-refractivity contribution in [2.75, 3.05) is 0 Å². The van der Waals surface area contributed by atoms with Crippen molar-refractivity contribution in [2.45, 2.75) is 13.5 Å². The average molecular weight is 310 g/mol. The molecular weight excluding hydrogens is 296 g/mol. The molecule has 1 amide bonds. The predicted molar refractivity (Wildman–Crippen MR) is 81.9 cm³/mol. The molecule has 0 bridgehead atoms. The summed E-state index contributed by atoms with van der Waals surface area (Å²) in [5.74, 6) is 0.0908. The van der Waals surface area contributed by atoms with Crippen LogP contribution in [0, 0.1) is 11.3 Å². The molecule has 1 aromatic carbocycles. The number of benzene rings is 1. The van der Waals surface area contributed by atoms with Crippen LogP contribution in [0.25, 0.3) is 6.08 Å². The third kappa shape index (κ3) is 4.86. The van der Waals surface area contributed by atoms with Crippen LogP contribution in [0.1, 0.15) is 18.2 Å². The van der Waals surface area contributed by atoms with E-state index in [9.17, 15) is 9.59 Å². The number of hydrogen-bond acceptors (Lipinski definition) is 5. The number of hydrogen-bond donors (Lipinski definition) is 1. The molecule has 0 spiro atoms. The molecule has 0 saturated heterocycles. The Bertz CT molecular complexity index is 753. The van der Waals surface area contributed by atoms with Gasteiger partial charge >= 0.3 is 5.97 Å². The molecule has 6 heteroatoms. The van der Waals surface area contributed by atoms with E-state index in [2.05, 4.69) is 5.32 Å². The van der Waals surface area contributed by atoms with Gasteiger partial charge in [-0.2, -0.15) is 5.26 Å². The van der Waals surface area contributed by atoms with Gasteiger partial charge < -0.3 is 14.5 Å². The Kier molecular flexibility index (Phi) is 5.31. The van der Waals surface area contributed by atoms with E-state index < -0.39 is 11.9 Å². The number of carbonyl (C=O) groups is 2. The second-order valence-electron chi connectivity index (χ2n) is 4.59. The monoisotopic (exact) mass is 310 g/mol. The fourth-order valence-electron chi connectivity index (χ4n) is 1.79. The van der Waals surface area contributed by atoms with Crippen molar-refractivity contribution in [3.8, 4) is 11.8 Å². The molecule has 23 heavy (non-hydrogen) atoms. The predicted octanol–water partition coefficient (Wildman–Crippen LogP) is 2.43. The molecule has 1 heterocycles. The number of nitrogens with one attached hydrogen (secondary N) is 1. The maximum absolute atomic E-state index is 12.0. The van der Waals surface area contributed by atoms with Crippen molar-refractivity contribution in [3.63, 3.8) is 0 Å². The van der Waals surface area contributed by atoms with E-state index in [1.165, 1.54) is 19.3 Å². The van der Waals surface area contributed by atoms with E-state index in [0.29, 0.717) is 17.1 Å². The molecule has 0 aliphatic carbocycles. The van der Waals surface area contributed by atoms with E-state index >= 15 is 0 Å². The summed E-state index contributed by atoms with van der Waals surface area (Å²) in [6, 6.07) is 11.8. The summed E-state index contributed by atoms with van der Waals surface area (Å²) >= 11 is 0. The van der Waals surface area contributed by atoms with E-state index in [0.717, 1.165) is 0 Å². The maximum atomic E-state index is 12.0. The maximum Gasteiger partial charge on any atom is 0.308 e. The summed E-state index contributed by atoms with van der Waals surface area (Å²) in [6.07, 6.45) is 2.96. The molecule has 1 aromatic heterocycles. The van der Waals surface area contributed by atoms with Crippen molar-refractivity contribution in [1.29, 1.82) is 5.26 Å². The van der Waals surface area contributed by atoms with Crippen molar-refractivity contribution >= 4 is 18.0 Å². The lowest BCUT2D eigenvalue weighted by atomic mass is 10.1. The number of furan rings is 1. The highest BCUT2D eigenvalue weighted by Crippen LogP contribution is 2.15. The molecule has 0 aliphatic rings. The average Bonchev–Trinajstić information content (AvgIpc) is 3.04. The first-order valence-electron chi connectivity index (χ1n) is 6.79. The van der Waals surface area contributed by atoms with Crippen LogP contribution in [0.2, 0.25) is 0 Å². The Morgan fingerprint density at radius 3 is 2.61 bits per heavy atom. The third-order valence-electron chi connectivity index (χ3n) is 2.82. The first-order chi connectivity index (χ1) is 11.1. The Balaban J connectivity index is 2.04. The van der Waals surface area contributed by atoms with Gasteiger partial charge in [0.2, 0.25) is 0 Å². The lowest BCUT2D eigenvalue weighted by molar-refractivity contribution is -0.131. The topological polar surface area (TPSA) is 92.3 Å². The highest BCUT2D eigenvalue weighted by Gasteiger charge is 2.09. The number of nitrogens with zero attached hydrogens (tertiary/aromatic N) is 1. The molecule has 0 fully saturated rings. The molecule has 116 valence electrons.